The van der Waals surface area contributed by atoms with Gasteiger partial charge in [0.2, 0.25) is 0 Å². The minimum Gasteiger partial charge on any atom is -0.335 e. The normalized spacial score (nSPS) is 17.9. The summed E-state index contributed by atoms with van der Waals surface area (Å²) in [6, 6.07) is 5.19. The molecule has 0 saturated carbocycles. The summed E-state index contributed by atoms with van der Waals surface area (Å²) in [7, 11) is 0. The summed E-state index contributed by atoms with van der Waals surface area (Å²) >= 11 is 1.34. The number of imidazole rings is 1. The van der Waals surface area contributed by atoms with Crippen molar-refractivity contribution in [2.75, 3.05) is 39.3 Å². The highest BCUT2D eigenvalue weighted by atomic mass is 32.1. The number of aryl methyl sites for hydroxylation is 1. The van der Waals surface area contributed by atoms with Gasteiger partial charge in [0.25, 0.3) is 11.8 Å². The van der Waals surface area contributed by atoms with Gasteiger partial charge in [-0.05, 0) is 18.2 Å². The number of amides is 2. The molecule has 3 aromatic rings. The molecule has 2 fully saturated rings. The lowest BCUT2D eigenvalue weighted by atomic mass is 10.0. The largest absolute Gasteiger partial charge is 0.390 e. The summed E-state index contributed by atoms with van der Waals surface area (Å²) in [6.07, 6.45) is -2.15. The minimum absolute atomic E-state index is 0.0312. The number of rotatable bonds is 5. The molecule has 5 rings (SSSR count). The molecular formula is C22H23F3N6O2S. The molecule has 2 amide bonds. The van der Waals surface area contributed by atoms with Gasteiger partial charge in [0.1, 0.15) is 0 Å². The number of hydrogen-bond donors (Lipinski definition) is 0. The van der Waals surface area contributed by atoms with Gasteiger partial charge in [0.05, 0.1) is 23.8 Å². The lowest BCUT2D eigenvalue weighted by Crippen LogP contribution is -2.64. The predicted molar refractivity (Wildman–Crippen MR) is 120 cm³/mol. The first kappa shape index (κ1) is 22.8. The van der Waals surface area contributed by atoms with Gasteiger partial charge in [-0.3, -0.25) is 14.5 Å². The fourth-order valence-corrected chi connectivity index (χ4v) is 5.01. The van der Waals surface area contributed by atoms with E-state index in [0.717, 1.165) is 13.1 Å². The second-order valence-corrected chi connectivity index (χ2v) is 9.43. The van der Waals surface area contributed by atoms with E-state index < -0.39 is 12.6 Å². The number of halogens is 3. The first-order chi connectivity index (χ1) is 16.3. The third kappa shape index (κ3) is 4.64. The number of likely N-dealkylation sites (tertiary alicyclic amines) is 1. The molecule has 0 N–H and O–H groups in total. The molecule has 4 heterocycles. The van der Waals surface area contributed by atoms with Crippen LogP contribution in [0.3, 0.4) is 0 Å². The first-order valence-corrected chi connectivity index (χ1v) is 11.9. The van der Waals surface area contributed by atoms with Crippen LogP contribution in [-0.2, 0) is 6.54 Å². The molecule has 2 aromatic heterocycles. The quantitative estimate of drug-likeness (QED) is 0.548. The molecule has 8 nitrogen and oxygen atoms in total. The van der Waals surface area contributed by atoms with Gasteiger partial charge in [-0.15, -0.1) is 11.3 Å². The lowest BCUT2D eigenvalue weighted by Gasteiger charge is -2.48. The Labute approximate surface area is 197 Å². The molecule has 34 heavy (non-hydrogen) atoms. The van der Waals surface area contributed by atoms with Crippen molar-refractivity contribution in [2.24, 2.45) is 0 Å². The molecule has 2 aliphatic heterocycles. The van der Waals surface area contributed by atoms with Crippen LogP contribution in [0.1, 0.15) is 26.6 Å². The molecular weight excluding hydrogens is 469 g/mol. The number of thiazole rings is 1. The zero-order valence-electron chi connectivity index (χ0n) is 18.2. The fourth-order valence-electron chi connectivity index (χ4n) is 4.41. The Balaban J connectivity index is 1.14. The SMILES string of the molecule is O=C(c1ccc2c(c1)ncn2CCC(F)(F)F)N1CC(N2CCN(C(=O)c3nccs3)CC2)C1. The lowest BCUT2D eigenvalue weighted by molar-refractivity contribution is -0.136. The molecule has 0 aliphatic carbocycles. The highest BCUT2D eigenvalue weighted by Gasteiger charge is 2.37. The maximum atomic E-state index is 12.9. The van der Waals surface area contributed by atoms with Crippen molar-refractivity contribution >= 4 is 34.2 Å². The molecule has 0 atom stereocenters. The minimum atomic E-state index is -4.23. The van der Waals surface area contributed by atoms with Crippen molar-refractivity contribution in [3.05, 3.63) is 46.7 Å². The van der Waals surface area contributed by atoms with Crippen LogP contribution in [0, 0.1) is 0 Å². The van der Waals surface area contributed by atoms with Crippen molar-refractivity contribution in [1.29, 1.82) is 0 Å². The first-order valence-electron chi connectivity index (χ1n) is 11.0. The average molecular weight is 493 g/mol. The molecule has 2 saturated heterocycles. The summed E-state index contributed by atoms with van der Waals surface area (Å²) in [4.78, 5) is 39.5. The van der Waals surface area contributed by atoms with Gasteiger partial charge in [-0.1, -0.05) is 0 Å². The topological polar surface area (TPSA) is 74.6 Å². The van der Waals surface area contributed by atoms with E-state index in [2.05, 4.69) is 14.9 Å². The number of hydrogen-bond acceptors (Lipinski definition) is 6. The van der Waals surface area contributed by atoms with Crippen LogP contribution in [0.25, 0.3) is 11.0 Å². The molecule has 180 valence electrons. The van der Waals surface area contributed by atoms with Crippen LogP contribution in [0.2, 0.25) is 0 Å². The van der Waals surface area contributed by atoms with Crippen molar-refractivity contribution in [3.63, 3.8) is 0 Å². The van der Waals surface area contributed by atoms with E-state index in [1.165, 1.54) is 22.2 Å². The summed E-state index contributed by atoms with van der Waals surface area (Å²) in [6.45, 7) is 3.79. The Morgan fingerprint density at radius 1 is 1.03 bits per heavy atom. The van der Waals surface area contributed by atoms with Crippen LogP contribution in [0.4, 0.5) is 13.2 Å². The van der Waals surface area contributed by atoms with E-state index in [4.69, 9.17) is 0 Å². The van der Waals surface area contributed by atoms with E-state index in [1.54, 1.807) is 34.7 Å². The zero-order chi connectivity index (χ0) is 23.9. The summed E-state index contributed by atoms with van der Waals surface area (Å²) in [5, 5.41) is 2.30. The summed E-state index contributed by atoms with van der Waals surface area (Å²) in [5.41, 5.74) is 1.56. The number of carbonyl (C=O) groups excluding carboxylic acids is 2. The average Bonchev–Trinajstić information content (AvgIpc) is 3.46. The molecule has 0 radical (unpaired) electrons. The highest BCUT2D eigenvalue weighted by Crippen LogP contribution is 2.24. The number of piperazine rings is 1. The standard InChI is InChI=1S/C22H23F3N6O2S/c23-22(24,25)3-5-30-14-27-17-11-15(1-2-18(17)30)20(32)31-12-16(13-31)28-6-8-29(9-7-28)21(33)19-26-4-10-34-19/h1-2,4,10-11,14,16H,3,5-9,12-13H2. The maximum Gasteiger partial charge on any atom is 0.390 e. The number of nitrogens with zero attached hydrogens (tertiary/aromatic N) is 6. The molecule has 0 spiro atoms. The molecule has 0 unspecified atom stereocenters. The highest BCUT2D eigenvalue weighted by molar-refractivity contribution is 7.11. The third-order valence-corrected chi connectivity index (χ3v) is 7.15. The number of carbonyl (C=O) groups is 2. The predicted octanol–water partition coefficient (Wildman–Crippen LogP) is 2.73. The molecule has 0 bridgehead atoms. The Hall–Kier alpha value is -2.99. The van der Waals surface area contributed by atoms with Gasteiger partial charge in [0, 0.05) is 69.0 Å². The van der Waals surface area contributed by atoms with Gasteiger partial charge in [0.15, 0.2) is 5.01 Å². The molecule has 2 aliphatic rings. The summed E-state index contributed by atoms with van der Waals surface area (Å²) in [5.74, 6) is -0.142. The third-order valence-electron chi connectivity index (χ3n) is 6.39. The fraction of sp³-hybridized carbons (Fsp3) is 0.455. The number of benzene rings is 1. The zero-order valence-corrected chi connectivity index (χ0v) is 19.1. The van der Waals surface area contributed by atoms with Crippen LogP contribution >= 0.6 is 11.3 Å². The Bertz CT molecular complexity index is 1180. The molecule has 1 aromatic carbocycles. The smallest absolute Gasteiger partial charge is 0.335 e. The van der Waals surface area contributed by atoms with Crippen molar-refractivity contribution in [3.8, 4) is 0 Å². The van der Waals surface area contributed by atoms with Crippen molar-refractivity contribution in [1.82, 2.24) is 29.2 Å². The second-order valence-electron chi connectivity index (χ2n) is 8.54. The van der Waals surface area contributed by atoms with Gasteiger partial charge in [-0.25, -0.2) is 9.97 Å². The molecule has 12 heteroatoms. The van der Waals surface area contributed by atoms with Gasteiger partial charge in [-0.2, -0.15) is 13.2 Å². The maximum absolute atomic E-state index is 12.9. The van der Waals surface area contributed by atoms with E-state index >= 15 is 0 Å². The Morgan fingerprint density at radius 2 is 1.79 bits per heavy atom. The van der Waals surface area contributed by atoms with Crippen LogP contribution in [0.5, 0.6) is 0 Å². The Kier molecular flexibility index (Phi) is 6.02. The van der Waals surface area contributed by atoms with Gasteiger partial charge >= 0.3 is 6.18 Å². The number of alkyl halides is 3. The second kappa shape index (κ2) is 8.99. The monoisotopic (exact) mass is 492 g/mol. The van der Waals surface area contributed by atoms with E-state index in [0.29, 0.717) is 47.8 Å². The van der Waals surface area contributed by atoms with Gasteiger partial charge < -0.3 is 14.4 Å². The number of fused-ring (bicyclic) bond motifs is 1. The van der Waals surface area contributed by atoms with Crippen LogP contribution in [-0.4, -0.2) is 92.5 Å². The van der Waals surface area contributed by atoms with E-state index in [9.17, 15) is 22.8 Å². The van der Waals surface area contributed by atoms with Crippen molar-refractivity contribution < 1.29 is 22.8 Å². The Morgan fingerprint density at radius 3 is 2.47 bits per heavy atom. The summed E-state index contributed by atoms with van der Waals surface area (Å²) < 4.78 is 39.0. The van der Waals surface area contributed by atoms with Crippen molar-refractivity contribution in [2.45, 2.75) is 25.2 Å². The van der Waals surface area contributed by atoms with E-state index in [1.807, 2.05) is 4.90 Å². The van der Waals surface area contributed by atoms with Crippen LogP contribution < -0.4 is 0 Å². The van der Waals surface area contributed by atoms with Crippen LogP contribution in [0.15, 0.2) is 36.1 Å². The van der Waals surface area contributed by atoms with E-state index in [-0.39, 0.29) is 24.4 Å². The number of aromatic nitrogens is 3.